The van der Waals surface area contributed by atoms with Crippen molar-refractivity contribution in [2.45, 2.75) is 26.4 Å². The second-order valence-corrected chi connectivity index (χ2v) is 5.44. The Kier molecular flexibility index (Phi) is 7.18. The van der Waals surface area contributed by atoms with Gasteiger partial charge in [-0.3, -0.25) is 9.89 Å². The number of rotatable bonds is 7. The molecule has 0 aliphatic carbocycles. The quantitative estimate of drug-likeness (QED) is 0.555. The van der Waals surface area contributed by atoms with Crippen molar-refractivity contribution in [3.63, 3.8) is 0 Å². The minimum atomic E-state index is 0.438. The number of ether oxygens (including phenoxy) is 1. The van der Waals surface area contributed by atoms with Gasteiger partial charge in [0.1, 0.15) is 0 Å². The highest BCUT2D eigenvalue weighted by Crippen LogP contribution is 2.03. The average molecular weight is 308 g/mol. The van der Waals surface area contributed by atoms with E-state index in [1.54, 1.807) is 6.20 Å². The molecule has 0 saturated carbocycles. The van der Waals surface area contributed by atoms with Crippen LogP contribution >= 0.6 is 0 Å². The van der Waals surface area contributed by atoms with Crippen LogP contribution in [0.4, 0.5) is 0 Å². The topological polar surface area (TPSA) is 66.7 Å². The van der Waals surface area contributed by atoms with E-state index >= 15 is 0 Å². The minimum absolute atomic E-state index is 0.438. The highest BCUT2D eigenvalue weighted by Gasteiger charge is 2.16. The summed E-state index contributed by atoms with van der Waals surface area (Å²) in [6.45, 7) is 11.3. The highest BCUT2D eigenvalue weighted by atomic mass is 16.5. The lowest BCUT2D eigenvalue weighted by Gasteiger charge is -2.31. The monoisotopic (exact) mass is 308 g/mol. The molecule has 124 valence electrons. The van der Waals surface area contributed by atoms with Gasteiger partial charge in [-0.05, 0) is 13.8 Å². The summed E-state index contributed by atoms with van der Waals surface area (Å²) in [7, 11) is 0. The number of nitrogens with zero attached hydrogens (tertiary/aromatic N) is 4. The Balaban J connectivity index is 1.75. The Labute approximate surface area is 132 Å². The van der Waals surface area contributed by atoms with E-state index in [2.05, 4.69) is 34.4 Å². The Morgan fingerprint density at radius 3 is 2.86 bits per heavy atom. The maximum absolute atomic E-state index is 5.39. The molecule has 1 aliphatic rings. The van der Waals surface area contributed by atoms with E-state index in [-0.39, 0.29) is 0 Å². The zero-order chi connectivity index (χ0) is 15.6. The number of nitrogens with one attached hydrogen (secondary N) is 2. The Hall–Kier alpha value is -1.60. The second-order valence-electron chi connectivity index (χ2n) is 5.44. The van der Waals surface area contributed by atoms with E-state index in [9.17, 15) is 0 Å². The lowest BCUT2D eigenvalue weighted by atomic mass is 10.2. The zero-order valence-electron chi connectivity index (χ0n) is 13.7. The number of hydrogen-bond donors (Lipinski definition) is 2. The normalized spacial score (nSPS) is 18.2. The number of morpholine rings is 1. The molecule has 0 amide bonds. The lowest BCUT2D eigenvalue weighted by molar-refractivity contribution is 0.0220. The Bertz CT molecular complexity index is 427. The first-order valence-corrected chi connectivity index (χ1v) is 8.09. The molecular formula is C15H28N6O. The van der Waals surface area contributed by atoms with Gasteiger partial charge < -0.3 is 19.9 Å². The molecule has 7 nitrogen and oxygen atoms in total. The van der Waals surface area contributed by atoms with Gasteiger partial charge in [0.05, 0.1) is 26.1 Å². The number of guanidine groups is 1. The van der Waals surface area contributed by atoms with Crippen LogP contribution < -0.4 is 10.6 Å². The summed E-state index contributed by atoms with van der Waals surface area (Å²) in [4.78, 5) is 11.2. The number of hydrogen-bond acceptors (Lipinski definition) is 4. The van der Waals surface area contributed by atoms with Gasteiger partial charge in [0.2, 0.25) is 0 Å². The molecule has 1 aliphatic heterocycles. The number of aliphatic imine (C=N–C) groups is 1. The van der Waals surface area contributed by atoms with Crippen LogP contribution in [0.1, 0.15) is 13.8 Å². The summed E-state index contributed by atoms with van der Waals surface area (Å²) >= 11 is 0. The van der Waals surface area contributed by atoms with Crippen LogP contribution in [0.2, 0.25) is 0 Å². The van der Waals surface area contributed by atoms with E-state index in [1.807, 2.05) is 17.1 Å². The van der Waals surface area contributed by atoms with E-state index in [0.717, 1.165) is 58.4 Å². The predicted octanol–water partition coefficient (Wildman–Crippen LogP) is 0.159. The van der Waals surface area contributed by atoms with Gasteiger partial charge >= 0.3 is 0 Å². The van der Waals surface area contributed by atoms with Gasteiger partial charge in [-0.15, -0.1) is 0 Å². The van der Waals surface area contributed by atoms with Crippen molar-refractivity contribution in [3.05, 3.63) is 18.7 Å². The summed E-state index contributed by atoms with van der Waals surface area (Å²) in [5.41, 5.74) is 0. The molecule has 0 aromatic carbocycles. The SMILES string of the molecule is CCNC(=NCC(C)N1CCOCC1)NCCn1ccnc1. The van der Waals surface area contributed by atoms with Crippen molar-refractivity contribution in [3.8, 4) is 0 Å². The Morgan fingerprint density at radius 1 is 1.36 bits per heavy atom. The largest absolute Gasteiger partial charge is 0.379 e. The van der Waals surface area contributed by atoms with Crippen molar-refractivity contribution < 1.29 is 4.74 Å². The fourth-order valence-electron chi connectivity index (χ4n) is 2.42. The first kappa shape index (κ1) is 16.8. The number of imidazole rings is 1. The number of aromatic nitrogens is 2. The lowest BCUT2D eigenvalue weighted by Crippen LogP contribution is -2.44. The van der Waals surface area contributed by atoms with Crippen molar-refractivity contribution in [2.24, 2.45) is 4.99 Å². The van der Waals surface area contributed by atoms with Crippen molar-refractivity contribution in [1.29, 1.82) is 0 Å². The van der Waals surface area contributed by atoms with Crippen LogP contribution in [0.15, 0.2) is 23.7 Å². The fraction of sp³-hybridized carbons (Fsp3) is 0.733. The molecule has 1 saturated heterocycles. The molecule has 0 radical (unpaired) electrons. The minimum Gasteiger partial charge on any atom is -0.379 e. The zero-order valence-corrected chi connectivity index (χ0v) is 13.7. The summed E-state index contributed by atoms with van der Waals surface area (Å²) in [6.07, 6.45) is 5.59. The summed E-state index contributed by atoms with van der Waals surface area (Å²) in [6, 6.07) is 0.438. The van der Waals surface area contributed by atoms with Gasteiger partial charge in [-0.1, -0.05) is 0 Å². The van der Waals surface area contributed by atoms with Crippen LogP contribution in [0.3, 0.4) is 0 Å². The highest BCUT2D eigenvalue weighted by molar-refractivity contribution is 5.79. The van der Waals surface area contributed by atoms with Crippen LogP contribution in [-0.2, 0) is 11.3 Å². The third-order valence-corrected chi connectivity index (χ3v) is 3.75. The molecule has 1 fully saturated rings. The second kappa shape index (κ2) is 9.42. The molecule has 7 heteroatoms. The molecule has 1 unspecified atom stereocenters. The Morgan fingerprint density at radius 2 is 2.18 bits per heavy atom. The maximum Gasteiger partial charge on any atom is 0.191 e. The molecule has 22 heavy (non-hydrogen) atoms. The molecule has 1 aromatic rings. The first-order valence-electron chi connectivity index (χ1n) is 8.09. The molecule has 0 bridgehead atoms. The standard InChI is InChI=1S/C15H28N6O/c1-3-17-15(18-5-7-20-6-4-16-13-20)19-12-14(2)21-8-10-22-11-9-21/h4,6,13-14H,3,5,7-12H2,1-2H3,(H2,17,18,19). The van der Waals surface area contributed by atoms with Crippen LogP contribution in [-0.4, -0.2) is 72.4 Å². The van der Waals surface area contributed by atoms with Gasteiger partial charge in [-0.25, -0.2) is 4.98 Å². The van der Waals surface area contributed by atoms with Gasteiger partial charge in [0.15, 0.2) is 5.96 Å². The van der Waals surface area contributed by atoms with Crippen molar-refractivity contribution >= 4 is 5.96 Å². The summed E-state index contributed by atoms with van der Waals surface area (Å²) < 4.78 is 7.44. The predicted molar refractivity (Wildman–Crippen MR) is 88.1 cm³/mol. The van der Waals surface area contributed by atoms with E-state index in [0.29, 0.717) is 6.04 Å². The van der Waals surface area contributed by atoms with Gasteiger partial charge in [-0.2, -0.15) is 0 Å². The smallest absolute Gasteiger partial charge is 0.191 e. The fourth-order valence-corrected chi connectivity index (χ4v) is 2.42. The van der Waals surface area contributed by atoms with Crippen LogP contribution in [0.25, 0.3) is 0 Å². The summed E-state index contributed by atoms with van der Waals surface area (Å²) in [5, 5.41) is 6.66. The van der Waals surface area contributed by atoms with Crippen LogP contribution in [0.5, 0.6) is 0 Å². The van der Waals surface area contributed by atoms with E-state index in [1.165, 1.54) is 0 Å². The molecule has 2 N–H and O–H groups in total. The summed E-state index contributed by atoms with van der Waals surface area (Å²) in [5.74, 6) is 0.878. The van der Waals surface area contributed by atoms with Crippen molar-refractivity contribution in [2.75, 3.05) is 45.9 Å². The molecule has 1 atom stereocenters. The van der Waals surface area contributed by atoms with E-state index in [4.69, 9.17) is 9.73 Å². The molecule has 1 aromatic heterocycles. The maximum atomic E-state index is 5.39. The molecule has 0 spiro atoms. The third-order valence-electron chi connectivity index (χ3n) is 3.75. The van der Waals surface area contributed by atoms with Crippen molar-refractivity contribution in [1.82, 2.24) is 25.1 Å². The van der Waals surface area contributed by atoms with Crippen LogP contribution in [0, 0.1) is 0 Å². The molecule has 2 rings (SSSR count). The van der Waals surface area contributed by atoms with Gasteiger partial charge in [0.25, 0.3) is 0 Å². The van der Waals surface area contributed by atoms with Gasteiger partial charge in [0, 0.05) is 51.2 Å². The molecular weight excluding hydrogens is 280 g/mol. The average Bonchev–Trinajstić information content (AvgIpc) is 3.06. The third kappa shape index (κ3) is 5.65. The molecule has 2 heterocycles. The van der Waals surface area contributed by atoms with E-state index < -0.39 is 0 Å². The first-order chi connectivity index (χ1) is 10.8.